The lowest BCUT2D eigenvalue weighted by Crippen LogP contribution is -2.36. The number of ether oxygens (including phenoxy) is 1. The zero-order chi connectivity index (χ0) is 13.1. The molecule has 1 aliphatic rings. The Kier molecular flexibility index (Phi) is 4.25. The second-order valence-corrected chi connectivity index (χ2v) is 5.41. The van der Waals surface area contributed by atoms with E-state index in [1.807, 2.05) is 0 Å². The Bertz CT molecular complexity index is 403. The summed E-state index contributed by atoms with van der Waals surface area (Å²) in [6.45, 7) is 6.29. The van der Waals surface area contributed by atoms with Crippen LogP contribution in [0.25, 0.3) is 0 Å². The van der Waals surface area contributed by atoms with Crippen LogP contribution in [0.5, 0.6) is 5.75 Å². The second-order valence-electron chi connectivity index (χ2n) is 5.41. The average molecular weight is 248 g/mol. The number of benzene rings is 1. The molecule has 0 spiro atoms. The van der Waals surface area contributed by atoms with Gasteiger partial charge in [0.2, 0.25) is 0 Å². The molecule has 2 atom stereocenters. The Morgan fingerprint density at radius 2 is 2.11 bits per heavy atom. The van der Waals surface area contributed by atoms with Gasteiger partial charge in [0.25, 0.3) is 0 Å². The summed E-state index contributed by atoms with van der Waals surface area (Å²) in [4.78, 5) is 2.23. The van der Waals surface area contributed by atoms with Crippen molar-refractivity contribution in [2.45, 2.75) is 32.4 Å². The van der Waals surface area contributed by atoms with Gasteiger partial charge in [-0.15, -0.1) is 0 Å². The van der Waals surface area contributed by atoms with Crippen molar-refractivity contribution < 1.29 is 4.74 Å². The number of rotatable bonds is 5. The third-order valence-corrected chi connectivity index (χ3v) is 3.81. The van der Waals surface area contributed by atoms with E-state index < -0.39 is 0 Å². The molecule has 1 N–H and O–H groups in total. The van der Waals surface area contributed by atoms with Gasteiger partial charge in [0.15, 0.2) is 0 Å². The van der Waals surface area contributed by atoms with Gasteiger partial charge in [-0.05, 0) is 45.1 Å². The fourth-order valence-corrected chi connectivity index (χ4v) is 2.12. The summed E-state index contributed by atoms with van der Waals surface area (Å²) >= 11 is 0. The highest BCUT2D eigenvalue weighted by molar-refractivity contribution is 5.40. The minimum Gasteiger partial charge on any atom is -0.493 e. The van der Waals surface area contributed by atoms with Crippen molar-refractivity contribution in [1.82, 2.24) is 10.2 Å². The molecule has 2 rings (SSSR count). The Morgan fingerprint density at radius 1 is 1.33 bits per heavy atom. The van der Waals surface area contributed by atoms with Gasteiger partial charge in [-0.25, -0.2) is 0 Å². The quantitative estimate of drug-likeness (QED) is 0.865. The van der Waals surface area contributed by atoms with Crippen molar-refractivity contribution in [3.05, 3.63) is 29.3 Å². The number of fused-ring (bicyclic) bond motifs is 1. The van der Waals surface area contributed by atoms with Crippen LogP contribution in [-0.4, -0.2) is 38.2 Å². The minimum absolute atomic E-state index is 0.387. The molecule has 18 heavy (non-hydrogen) atoms. The first-order valence-electron chi connectivity index (χ1n) is 6.73. The van der Waals surface area contributed by atoms with Crippen LogP contribution in [0.3, 0.4) is 0 Å². The van der Waals surface area contributed by atoms with Crippen LogP contribution in [0.1, 0.15) is 31.0 Å². The normalized spacial score (nSPS) is 17.4. The molecule has 0 aliphatic carbocycles. The Hall–Kier alpha value is -1.06. The molecule has 2 unspecified atom stereocenters. The second kappa shape index (κ2) is 5.72. The molecule has 0 bridgehead atoms. The van der Waals surface area contributed by atoms with Crippen LogP contribution in [0.15, 0.2) is 18.2 Å². The van der Waals surface area contributed by atoms with Crippen LogP contribution >= 0.6 is 0 Å². The molecular formula is C15H24N2O. The van der Waals surface area contributed by atoms with Crippen molar-refractivity contribution >= 4 is 0 Å². The van der Waals surface area contributed by atoms with E-state index in [1.54, 1.807) is 0 Å². The maximum absolute atomic E-state index is 5.54. The van der Waals surface area contributed by atoms with Crippen LogP contribution in [0, 0.1) is 0 Å². The van der Waals surface area contributed by atoms with Gasteiger partial charge < -0.3 is 15.0 Å². The van der Waals surface area contributed by atoms with Crippen molar-refractivity contribution in [1.29, 1.82) is 0 Å². The van der Waals surface area contributed by atoms with Crippen molar-refractivity contribution in [3.63, 3.8) is 0 Å². The predicted molar refractivity (Wildman–Crippen MR) is 75.2 cm³/mol. The largest absolute Gasteiger partial charge is 0.493 e. The van der Waals surface area contributed by atoms with E-state index >= 15 is 0 Å². The van der Waals surface area contributed by atoms with Gasteiger partial charge in [0.05, 0.1) is 6.61 Å². The molecule has 1 aromatic carbocycles. The SMILES string of the molecule is CC(NCC(C)N(C)C)c1ccc2c(c1)CCO2. The summed E-state index contributed by atoms with van der Waals surface area (Å²) in [7, 11) is 4.23. The summed E-state index contributed by atoms with van der Waals surface area (Å²) in [6, 6.07) is 7.48. The molecular weight excluding hydrogens is 224 g/mol. The molecule has 0 fully saturated rings. The van der Waals surface area contributed by atoms with Gasteiger partial charge in [-0.3, -0.25) is 0 Å². The Morgan fingerprint density at radius 3 is 2.83 bits per heavy atom. The number of hydrogen-bond donors (Lipinski definition) is 1. The summed E-state index contributed by atoms with van der Waals surface area (Å²) in [5.74, 6) is 1.06. The maximum atomic E-state index is 5.54. The first kappa shape index (κ1) is 13.4. The van der Waals surface area contributed by atoms with E-state index in [-0.39, 0.29) is 0 Å². The molecule has 0 saturated carbocycles. The van der Waals surface area contributed by atoms with E-state index in [1.165, 1.54) is 11.1 Å². The van der Waals surface area contributed by atoms with Crippen LogP contribution in [0.4, 0.5) is 0 Å². The van der Waals surface area contributed by atoms with E-state index in [0.29, 0.717) is 12.1 Å². The molecule has 0 amide bonds. The summed E-state index contributed by atoms with van der Waals surface area (Å²) in [6.07, 6.45) is 1.05. The van der Waals surface area contributed by atoms with Crippen molar-refractivity contribution in [2.24, 2.45) is 0 Å². The first-order valence-corrected chi connectivity index (χ1v) is 6.73. The lowest BCUT2D eigenvalue weighted by Gasteiger charge is -2.23. The zero-order valence-electron chi connectivity index (χ0n) is 11.9. The standard InChI is InChI=1S/C15H24N2O/c1-11(17(3)4)10-16-12(2)13-5-6-15-14(9-13)7-8-18-15/h5-6,9,11-12,16H,7-8,10H2,1-4H3. The Labute approximate surface area is 110 Å². The lowest BCUT2D eigenvalue weighted by atomic mass is 10.0. The fraction of sp³-hybridized carbons (Fsp3) is 0.600. The number of nitrogens with one attached hydrogen (secondary N) is 1. The van der Waals surface area contributed by atoms with Crippen LogP contribution in [-0.2, 0) is 6.42 Å². The fourth-order valence-electron chi connectivity index (χ4n) is 2.12. The smallest absolute Gasteiger partial charge is 0.122 e. The van der Waals surface area contributed by atoms with Crippen molar-refractivity contribution in [2.75, 3.05) is 27.2 Å². The molecule has 0 saturated heterocycles. The van der Waals surface area contributed by atoms with Gasteiger partial charge >= 0.3 is 0 Å². The summed E-state index contributed by atoms with van der Waals surface area (Å²) in [5.41, 5.74) is 2.70. The number of likely N-dealkylation sites (N-methyl/N-ethyl adjacent to an activating group) is 1. The zero-order valence-corrected chi connectivity index (χ0v) is 11.9. The first-order chi connectivity index (χ1) is 8.58. The monoisotopic (exact) mass is 248 g/mol. The van der Waals surface area contributed by atoms with E-state index in [0.717, 1.165) is 25.3 Å². The van der Waals surface area contributed by atoms with E-state index in [4.69, 9.17) is 4.74 Å². The molecule has 3 nitrogen and oxygen atoms in total. The van der Waals surface area contributed by atoms with Crippen molar-refractivity contribution in [3.8, 4) is 5.75 Å². The van der Waals surface area contributed by atoms with Crippen LogP contribution in [0.2, 0.25) is 0 Å². The highest BCUT2D eigenvalue weighted by Gasteiger charge is 2.15. The maximum Gasteiger partial charge on any atom is 0.122 e. The molecule has 100 valence electrons. The lowest BCUT2D eigenvalue weighted by molar-refractivity contribution is 0.295. The van der Waals surface area contributed by atoms with Gasteiger partial charge in [0.1, 0.15) is 5.75 Å². The molecule has 1 aromatic rings. The van der Waals surface area contributed by atoms with Gasteiger partial charge in [-0.1, -0.05) is 12.1 Å². The van der Waals surface area contributed by atoms with E-state index in [9.17, 15) is 0 Å². The Balaban J connectivity index is 1.95. The third kappa shape index (κ3) is 3.03. The molecule has 1 heterocycles. The average Bonchev–Trinajstić information content (AvgIpc) is 2.82. The number of hydrogen-bond acceptors (Lipinski definition) is 3. The summed E-state index contributed by atoms with van der Waals surface area (Å²) < 4.78 is 5.54. The minimum atomic E-state index is 0.387. The predicted octanol–water partition coefficient (Wildman–Crippen LogP) is 2.22. The molecule has 3 heteroatoms. The molecule has 0 radical (unpaired) electrons. The number of nitrogens with zero attached hydrogens (tertiary/aromatic N) is 1. The van der Waals surface area contributed by atoms with Gasteiger partial charge in [0, 0.05) is 25.0 Å². The molecule has 0 aromatic heterocycles. The topological polar surface area (TPSA) is 24.5 Å². The molecule has 1 aliphatic heterocycles. The third-order valence-electron chi connectivity index (χ3n) is 3.81. The van der Waals surface area contributed by atoms with Gasteiger partial charge in [-0.2, -0.15) is 0 Å². The summed E-state index contributed by atoms with van der Waals surface area (Å²) in [5, 5.41) is 3.59. The van der Waals surface area contributed by atoms with Crippen LogP contribution < -0.4 is 10.1 Å². The van der Waals surface area contributed by atoms with E-state index in [2.05, 4.69) is 56.4 Å². The highest BCUT2D eigenvalue weighted by atomic mass is 16.5. The highest BCUT2D eigenvalue weighted by Crippen LogP contribution is 2.28.